The summed E-state index contributed by atoms with van der Waals surface area (Å²) >= 11 is 3.76. The van der Waals surface area contributed by atoms with Crippen LogP contribution in [0.5, 0.6) is 11.5 Å². The summed E-state index contributed by atoms with van der Waals surface area (Å²) in [5.41, 5.74) is 5.18. The van der Waals surface area contributed by atoms with Gasteiger partial charge in [0.15, 0.2) is 17.6 Å². The Morgan fingerprint density at radius 1 is 1.15 bits per heavy atom. The molecule has 3 nitrogen and oxygen atoms in total. The molecule has 0 bridgehead atoms. The number of rotatable bonds is 4. The first-order valence-electron chi connectivity index (χ1n) is 8.89. The average molecular weight is 411 g/mol. The zero-order valence-corrected chi connectivity index (χ0v) is 16.1. The molecule has 3 aliphatic rings. The SMILES string of the molecule is COC1=CC=C2CCc3c(Br)cc(OCc4ccccc4)c4c3C2[C@@H]1O4. The van der Waals surface area contributed by atoms with Crippen LogP contribution in [0.3, 0.4) is 0 Å². The minimum absolute atomic E-state index is 0.0811. The maximum absolute atomic E-state index is 6.40. The molecule has 0 saturated heterocycles. The van der Waals surface area contributed by atoms with Crippen LogP contribution in [0.15, 0.2) is 64.4 Å². The quantitative estimate of drug-likeness (QED) is 0.685. The number of ether oxygens (including phenoxy) is 3. The summed E-state index contributed by atoms with van der Waals surface area (Å²) in [6, 6.07) is 12.3. The zero-order valence-electron chi connectivity index (χ0n) is 14.5. The molecule has 2 aromatic rings. The number of hydrogen-bond acceptors (Lipinski definition) is 3. The van der Waals surface area contributed by atoms with Crippen molar-refractivity contribution in [2.75, 3.05) is 7.11 Å². The molecule has 26 heavy (non-hydrogen) atoms. The molecule has 1 unspecified atom stereocenters. The highest BCUT2D eigenvalue weighted by Gasteiger charge is 2.46. The van der Waals surface area contributed by atoms with E-state index in [0.29, 0.717) is 6.61 Å². The minimum Gasteiger partial charge on any atom is -0.497 e. The van der Waals surface area contributed by atoms with E-state index in [1.165, 1.54) is 16.7 Å². The Balaban J connectivity index is 1.56. The number of allylic oxidation sites excluding steroid dienone is 2. The molecule has 0 saturated carbocycles. The lowest BCUT2D eigenvalue weighted by Gasteiger charge is -2.30. The third kappa shape index (κ3) is 2.39. The third-order valence-electron chi connectivity index (χ3n) is 5.48. The first kappa shape index (κ1) is 16.0. The summed E-state index contributed by atoms with van der Waals surface area (Å²) < 4.78 is 19.3. The predicted molar refractivity (Wildman–Crippen MR) is 104 cm³/mol. The molecule has 2 aromatic carbocycles. The number of hydrogen-bond donors (Lipinski definition) is 0. The second kappa shape index (κ2) is 6.20. The second-order valence-corrected chi connectivity index (χ2v) is 7.74. The van der Waals surface area contributed by atoms with E-state index in [4.69, 9.17) is 14.2 Å². The van der Waals surface area contributed by atoms with Crippen molar-refractivity contribution < 1.29 is 14.2 Å². The van der Waals surface area contributed by atoms with Crippen molar-refractivity contribution in [1.29, 1.82) is 0 Å². The molecule has 0 spiro atoms. The molecule has 0 radical (unpaired) electrons. The summed E-state index contributed by atoms with van der Waals surface area (Å²) in [6.07, 6.45) is 6.26. The van der Waals surface area contributed by atoms with E-state index in [1.807, 2.05) is 24.3 Å². The van der Waals surface area contributed by atoms with E-state index in [9.17, 15) is 0 Å². The van der Waals surface area contributed by atoms with Gasteiger partial charge >= 0.3 is 0 Å². The Hall–Kier alpha value is -2.20. The van der Waals surface area contributed by atoms with E-state index in [2.05, 4.69) is 40.2 Å². The van der Waals surface area contributed by atoms with Gasteiger partial charge in [-0.3, -0.25) is 0 Å². The van der Waals surface area contributed by atoms with E-state index < -0.39 is 0 Å². The summed E-state index contributed by atoms with van der Waals surface area (Å²) in [7, 11) is 1.71. The molecule has 0 fully saturated rings. The van der Waals surface area contributed by atoms with Gasteiger partial charge in [0.1, 0.15) is 12.4 Å². The van der Waals surface area contributed by atoms with Gasteiger partial charge in [-0.25, -0.2) is 0 Å². The molecule has 1 heterocycles. The van der Waals surface area contributed by atoms with Gasteiger partial charge in [-0.15, -0.1) is 0 Å². The molecule has 0 amide bonds. The van der Waals surface area contributed by atoms with Crippen molar-refractivity contribution in [1.82, 2.24) is 0 Å². The van der Waals surface area contributed by atoms with Gasteiger partial charge in [-0.1, -0.05) is 57.9 Å². The van der Waals surface area contributed by atoms with Gasteiger partial charge in [-0.2, -0.15) is 0 Å². The normalized spacial score (nSPS) is 22.1. The second-order valence-electron chi connectivity index (χ2n) is 6.88. The molecule has 1 aliphatic heterocycles. The van der Waals surface area contributed by atoms with Gasteiger partial charge < -0.3 is 14.2 Å². The highest BCUT2D eigenvalue weighted by atomic mass is 79.9. The standard InChI is InChI=1S/C22H19BrO3/c1-24-17-10-8-14-7-9-15-16(23)11-18(22-20(15)19(14)21(17)26-22)25-12-13-5-3-2-4-6-13/h2-6,8,10-11,19,21H,7,9,12H2,1H3/t19?,21-/m1/s1. The van der Waals surface area contributed by atoms with E-state index in [0.717, 1.165) is 40.1 Å². The Labute approximate surface area is 161 Å². The van der Waals surface area contributed by atoms with Crippen LogP contribution < -0.4 is 9.47 Å². The largest absolute Gasteiger partial charge is 0.497 e. The van der Waals surface area contributed by atoms with Crippen LogP contribution in [-0.4, -0.2) is 13.2 Å². The lowest BCUT2D eigenvalue weighted by Crippen LogP contribution is -2.28. The molecule has 5 rings (SSSR count). The number of benzene rings is 2. The maximum atomic E-state index is 6.40. The molecule has 2 atom stereocenters. The number of halogens is 1. The fourth-order valence-electron chi connectivity index (χ4n) is 4.24. The van der Waals surface area contributed by atoms with Gasteiger partial charge in [-0.05, 0) is 36.1 Å². The van der Waals surface area contributed by atoms with Crippen molar-refractivity contribution in [2.45, 2.75) is 31.5 Å². The van der Waals surface area contributed by atoms with Gasteiger partial charge in [0.25, 0.3) is 0 Å². The van der Waals surface area contributed by atoms with Crippen molar-refractivity contribution in [3.05, 3.63) is 81.0 Å². The molecule has 2 aliphatic carbocycles. The van der Waals surface area contributed by atoms with Crippen LogP contribution >= 0.6 is 15.9 Å². The fourth-order valence-corrected chi connectivity index (χ4v) is 4.86. The predicted octanol–water partition coefficient (Wildman–Crippen LogP) is 5.29. The van der Waals surface area contributed by atoms with Crippen molar-refractivity contribution in [2.24, 2.45) is 0 Å². The highest BCUT2D eigenvalue weighted by Crippen LogP contribution is 2.57. The van der Waals surface area contributed by atoms with Crippen molar-refractivity contribution in [3.63, 3.8) is 0 Å². The van der Waals surface area contributed by atoms with Crippen molar-refractivity contribution >= 4 is 15.9 Å². The molecule has 4 heteroatoms. The fraction of sp³-hybridized carbons (Fsp3) is 0.273. The molecule has 132 valence electrons. The molecular weight excluding hydrogens is 392 g/mol. The van der Waals surface area contributed by atoms with Gasteiger partial charge in [0.2, 0.25) is 0 Å². The Morgan fingerprint density at radius 3 is 2.81 bits per heavy atom. The summed E-state index contributed by atoms with van der Waals surface area (Å²) in [4.78, 5) is 0. The monoisotopic (exact) mass is 410 g/mol. The first-order valence-corrected chi connectivity index (χ1v) is 9.69. The van der Waals surface area contributed by atoms with Crippen LogP contribution in [-0.2, 0) is 17.8 Å². The van der Waals surface area contributed by atoms with Crippen LogP contribution in [0.1, 0.15) is 29.0 Å². The Bertz CT molecular complexity index is 930. The molecule has 0 N–H and O–H groups in total. The Kier molecular flexibility index (Phi) is 3.82. The third-order valence-corrected chi connectivity index (χ3v) is 6.18. The summed E-state index contributed by atoms with van der Waals surface area (Å²) in [5, 5.41) is 0. The van der Waals surface area contributed by atoms with E-state index in [1.54, 1.807) is 7.11 Å². The van der Waals surface area contributed by atoms with E-state index >= 15 is 0 Å². The van der Waals surface area contributed by atoms with Crippen LogP contribution in [0.2, 0.25) is 0 Å². The van der Waals surface area contributed by atoms with Gasteiger partial charge in [0, 0.05) is 10.0 Å². The van der Waals surface area contributed by atoms with Gasteiger partial charge in [0.05, 0.1) is 13.0 Å². The van der Waals surface area contributed by atoms with Crippen LogP contribution in [0.25, 0.3) is 0 Å². The lowest BCUT2D eigenvalue weighted by atomic mass is 9.75. The van der Waals surface area contributed by atoms with E-state index in [-0.39, 0.29) is 12.0 Å². The van der Waals surface area contributed by atoms with Crippen molar-refractivity contribution in [3.8, 4) is 11.5 Å². The molecular formula is C22H19BrO3. The number of methoxy groups -OCH3 is 1. The zero-order chi connectivity index (χ0) is 17.7. The minimum atomic E-state index is -0.0811. The average Bonchev–Trinajstić information content (AvgIpc) is 3.08. The summed E-state index contributed by atoms with van der Waals surface area (Å²) in [5.74, 6) is 2.80. The smallest absolute Gasteiger partial charge is 0.166 e. The topological polar surface area (TPSA) is 27.7 Å². The van der Waals surface area contributed by atoms with Crippen LogP contribution in [0.4, 0.5) is 0 Å². The maximum Gasteiger partial charge on any atom is 0.166 e. The first-order chi connectivity index (χ1) is 12.8. The summed E-state index contributed by atoms with van der Waals surface area (Å²) in [6.45, 7) is 0.521. The highest BCUT2D eigenvalue weighted by molar-refractivity contribution is 9.10. The lowest BCUT2D eigenvalue weighted by molar-refractivity contribution is 0.146. The molecule has 0 aromatic heterocycles. The van der Waals surface area contributed by atoms with Crippen LogP contribution in [0, 0.1) is 0 Å². The Morgan fingerprint density at radius 2 is 2.00 bits per heavy atom.